The second-order valence-electron chi connectivity index (χ2n) is 6.71. The molecule has 1 fully saturated rings. The summed E-state index contributed by atoms with van der Waals surface area (Å²) in [6.45, 7) is 9.21. The van der Waals surface area contributed by atoms with Crippen LogP contribution in [0.25, 0.3) is 0 Å². The number of hydrogen-bond donors (Lipinski definition) is 2. The summed E-state index contributed by atoms with van der Waals surface area (Å²) in [6.07, 6.45) is 2.23. The van der Waals surface area contributed by atoms with E-state index < -0.39 is 11.6 Å². The van der Waals surface area contributed by atoms with Crippen molar-refractivity contribution in [1.29, 1.82) is 0 Å². The van der Waals surface area contributed by atoms with Crippen LogP contribution in [0, 0.1) is 11.6 Å². The molecular formula is C19H31F2N5. The van der Waals surface area contributed by atoms with E-state index in [1.165, 1.54) is 19.0 Å². The Balaban J connectivity index is 1.77. The van der Waals surface area contributed by atoms with E-state index in [-0.39, 0.29) is 12.1 Å². The Labute approximate surface area is 155 Å². The van der Waals surface area contributed by atoms with E-state index in [0.29, 0.717) is 5.96 Å². The lowest BCUT2D eigenvalue weighted by Gasteiger charge is -2.20. The van der Waals surface area contributed by atoms with Gasteiger partial charge in [-0.1, -0.05) is 0 Å². The van der Waals surface area contributed by atoms with Gasteiger partial charge in [-0.2, -0.15) is 0 Å². The summed E-state index contributed by atoms with van der Waals surface area (Å²) in [5.41, 5.74) is 0.260. The molecule has 26 heavy (non-hydrogen) atoms. The van der Waals surface area contributed by atoms with Crippen molar-refractivity contribution >= 4 is 5.96 Å². The van der Waals surface area contributed by atoms with Crippen LogP contribution in [0.3, 0.4) is 0 Å². The summed E-state index contributed by atoms with van der Waals surface area (Å²) < 4.78 is 26.9. The van der Waals surface area contributed by atoms with Crippen LogP contribution in [-0.2, 0) is 6.54 Å². The van der Waals surface area contributed by atoms with Gasteiger partial charge in [-0.15, -0.1) is 0 Å². The van der Waals surface area contributed by atoms with Gasteiger partial charge in [-0.3, -0.25) is 0 Å². The largest absolute Gasteiger partial charge is 0.357 e. The van der Waals surface area contributed by atoms with Crippen LogP contribution >= 0.6 is 0 Å². The Kier molecular flexibility index (Phi) is 8.77. The molecule has 0 spiro atoms. The Morgan fingerprint density at radius 1 is 1.15 bits per heavy atom. The van der Waals surface area contributed by atoms with Crippen molar-refractivity contribution in [3.8, 4) is 0 Å². The number of likely N-dealkylation sites (N-methyl/N-ethyl adjacent to an activating group) is 1. The highest BCUT2D eigenvalue weighted by molar-refractivity contribution is 5.79. The van der Waals surface area contributed by atoms with Crippen molar-refractivity contribution in [2.75, 3.05) is 52.9 Å². The minimum Gasteiger partial charge on any atom is -0.357 e. The van der Waals surface area contributed by atoms with Gasteiger partial charge in [0.05, 0.1) is 6.54 Å². The third-order valence-corrected chi connectivity index (χ3v) is 4.52. The summed E-state index contributed by atoms with van der Waals surface area (Å²) in [6, 6.07) is 3.45. The lowest BCUT2D eigenvalue weighted by Crippen LogP contribution is -2.39. The molecule has 0 unspecified atom stereocenters. The number of hydrogen-bond acceptors (Lipinski definition) is 3. The van der Waals surface area contributed by atoms with E-state index in [0.717, 1.165) is 57.8 Å². The number of halogens is 2. The molecule has 1 heterocycles. The second-order valence-corrected chi connectivity index (χ2v) is 6.71. The van der Waals surface area contributed by atoms with E-state index in [1.54, 1.807) is 0 Å². The van der Waals surface area contributed by atoms with Gasteiger partial charge in [-0.25, -0.2) is 13.8 Å². The average Bonchev–Trinajstić information content (AvgIpc) is 2.83. The predicted octanol–water partition coefficient (Wildman–Crippen LogP) is 2.05. The number of benzene rings is 1. The van der Waals surface area contributed by atoms with Crippen LogP contribution in [0.5, 0.6) is 0 Å². The first kappa shape index (κ1) is 20.6. The fraction of sp³-hybridized carbons (Fsp3) is 0.632. The van der Waals surface area contributed by atoms with E-state index in [1.807, 2.05) is 6.92 Å². The van der Waals surface area contributed by atoms with E-state index in [4.69, 9.17) is 0 Å². The van der Waals surface area contributed by atoms with Crippen molar-refractivity contribution in [3.05, 3.63) is 35.4 Å². The number of nitrogens with one attached hydrogen (secondary N) is 2. The maximum atomic E-state index is 13.7. The SMILES string of the molecule is CCNC(=NCc1cc(F)ccc1F)NCCCN1CCCN(C)CC1. The summed E-state index contributed by atoms with van der Waals surface area (Å²) in [5, 5.41) is 6.42. The molecule has 1 aliphatic rings. The zero-order chi connectivity index (χ0) is 18.8. The number of rotatable bonds is 7. The molecule has 1 aliphatic heterocycles. The zero-order valence-corrected chi connectivity index (χ0v) is 15.9. The Morgan fingerprint density at radius 3 is 2.81 bits per heavy atom. The maximum absolute atomic E-state index is 13.7. The van der Waals surface area contributed by atoms with Crippen molar-refractivity contribution < 1.29 is 8.78 Å². The lowest BCUT2D eigenvalue weighted by molar-refractivity contribution is 0.274. The van der Waals surface area contributed by atoms with Crippen LogP contribution in [-0.4, -0.2) is 68.6 Å². The molecule has 0 atom stereocenters. The van der Waals surface area contributed by atoms with E-state index >= 15 is 0 Å². The molecule has 1 aromatic rings. The summed E-state index contributed by atoms with van der Waals surface area (Å²) in [7, 11) is 2.17. The van der Waals surface area contributed by atoms with Gasteiger partial charge in [0.15, 0.2) is 5.96 Å². The quantitative estimate of drug-likeness (QED) is 0.440. The second kappa shape index (κ2) is 11.1. The van der Waals surface area contributed by atoms with Gasteiger partial charge in [0.1, 0.15) is 11.6 Å². The van der Waals surface area contributed by atoms with Gasteiger partial charge in [0, 0.05) is 31.7 Å². The molecule has 7 heteroatoms. The molecule has 1 aromatic carbocycles. The minimum absolute atomic E-state index is 0.109. The molecule has 5 nitrogen and oxygen atoms in total. The van der Waals surface area contributed by atoms with Gasteiger partial charge in [0.25, 0.3) is 0 Å². The number of nitrogens with zero attached hydrogens (tertiary/aromatic N) is 3. The van der Waals surface area contributed by atoms with Crippen molar-refractivity contribution in [2.45, 2.75) is 26.3 Å². The van der Waals surface area contributed by atoms with E-state index in [2.05, 4.69) is 32.5 Å². The highest BCUT2D eigenvalue weighted by Crippen LogP contribution is 2.10. The molecule has 2 N–H and O–H groups in total. The Bertz CT molecular complexity index is 579. The zero-order valence-electron chi connectivity index (χ0n) is 15.9. The topological polar surface area (TPSA) is 42.9 Å². The van der Waals surface area contributed by atoms with E-state index in [9.17, 15) is 8.78 Å². The first-order chi connectivity index (χ1) is 12.6. The third kappa shape index (κ3) is 7.25. The van der Waals surface area contributed by atoms with Crippen LogP contribution in [0.4, 0.5) is 8.78 Å². The predicted molar refractivity (Wildman–Crippen MR) is 102 cm³/mol. The smallest absolute Gasteiger partial charge is 0.191 e. The molecule has 1 saturated heterocycles. The third-order valence-electron chi connectivity index (χ3n) is 4.52. The standard InChI is InChI=1S/C19H31F2N5/c1-3-22-19(24-15-16-14-17(20)6-7-18(16)21)23-8-4-10-26-11-5-9-25(2)12-13-26/h6-7,14H,3-5,8-13,15H2,1-2H3,(H2,22,23,24). The van der Waals surface area contributed by atoms with Gasteiger partial charge in [-0.05, 0) is 64.6 Å². The summed E-state index contributed by atoms with van der Waals surface area (Å²) >= 11 is 0. The molecule has 2 rings (SSSR count). The maximum Gasteiger partial charge on any atom is 0.191 e. The molecule has 0 aliphatic carbocycles. The van der Waals surface area contributed by atoms with Gasteiger partial charge < -0.3 is 20.4 Å². The Hall–Kier alpha value is -1.73. The van der Waals surface area contributed by atoms with Crippen LogP contribution < -0.4 is 10.6 Å². The first-order valence-corrected chi connectivity index (χ1v) is 9.45. The molecule has 0 saturated carbocycles. The molecule has 0 amide bonds. The highest BCUT2D eigenvalue weighted by Gasteiger charge is 2.11. The number of aliphatic imine (C=N–C) groups is 1. The molecule has 146 valence electrons. The lowest BCUT2D eigenvalue weighted by atomic mass is 10.2. The van der Waals surface area contributed by atoms with Crippen molar-refractivity contribution in [1.82, 2.24) is 20.4 Å². The van der Waals surface area contributed by atoms with Crippen molar-refractivity contribution in [3.63, 3.8) is 0 Å². The van der Waals surface area contributed by atoms with Crippen LogP contribution in [0.1, 0.15) is 25.3 Å². The van der Waals surface area contributed by atoms with Crippen LogP contribution in [0.2, 0.25) is 0 Å². The fourth-order valence-electron chi connectivity index (χ4n) is 3.00. The Morgan fingerprint density at radius 2 is 2.00 bits per heavy atom. The summed E-state index contributed by atoms with van der Waals surface area (Å²) in [5.74, 6) is -0.249. The minimum atomic E-state index is -0.447. The highest BCUT2D eigenvalue weighted by atomic mass is 19.1. The first-order valence-electron chi connectivity index (χ1n) is 9.45. The fourth-order valence-corrected chi connectivity index (χ4v) is 3.00. The monoisotopic (exact) mass is 367 g/mol. The molecule has 0 bridgehead atoms. The van der Waals surface area contributed by atoms with Gasteiger partial charge in [0.2, 0.25) is 0 Å². The van der Waals surface area contributed by atoms with Gasteiger partial charge >= 0.3 is 0 Å². The normalized spacial score (nSPS) is 17.2. The molecular weight excluding hydrogens is 336 g/mol. The van der Waals surface area contributed by atoms with Crippen LogP contribution in [0.15, 0.2) is 23.2 Å². The van der Waals surface area contributed by atoms with Crippen molar-refractivity contribution in [2.24, 2.45) is 4.99 Å². The summed E-state index contributed by atoms with van der Waals surface area (Å²) in [4.78, 5) is 9.23. The molecule has 0 radical (unpaired) electrons. The number of guanidine groups is 1. The molecule has 0 aromatic heterocycles. The average molecular weight is 367 g/mol.